The molecule has 2 heterocycles. The lowest BCUT2D eigenvalue weighted by Gasteiger charge is -2.10. The Bertz CT molecular complexity index is 577. The highest BCUT2D eigenvalue weighted by Gasteiger charge is 2.30. The highest BCUT2D eigenvalue weighted by Crippen LogP contribution is 2.30. The molecule has 1 aromatic heterocycles. The number of cyclic esters (lactones) is 1. The third-order valence-corrected chi connectivity index (χ3v) is 2.60. The molecule has 0 saturated carbocycles. The van der Waals surface area contributed by atoms with Crippen LogP contribution < -0.4 is 5.32 Å². The SMILES string of the molecule is Cc1cc(NC2OC(=O)c3ccccc32)no1. The van der Waals surface area contributed by atoms with Gasteiger partial charge in [-0.2, -0.15) is 0 Å². The fourth-order valence-corrected chi connectivity index (χ4v) is 1.82. The Morgan fingerprint density at radius 1 is 1.35 bits per heavy atom. The Balaban J connectivity index is 1.89. The summed E-state index contributed by atoms with van der Waals surface area (Å²) in [6, 6.07) is 9.01. The van der Waals surface area contributed by atoms with Crippen LogP contribution in [0.2, 0.25) is 0 Å². The van der Waals surface area contributed by atoms with Gasteiger partial charge in [-0.1, -0.05) is 23.4 Å². The molecule has 0 saturated heterocycles. The molecule has 1 aliphatic heterocycles. The second-order valence-electron chi connectivity index (χ2n) is 3.84. The molecule has 0 radical (unpaired) electrons. The molecule has 0 bridgehead atoms. The number of carbonyl (C=O) groups is 1. The van der Waals surface area contributed by atoms with Gasteiger partial charge in [-0.05, 0) is 13.0 Å². The first-order valence-electron chi connectivity index (χ1n) is 5.24. The number of nitrogens with zero attached hydrogens (tertiary/aromatic N) is 1. The minimum Gasteiger partial charge on any atom is -0.434 e. The number of carbonyl (C=O) groups excluding carboxylic acids is 1. The van der Waals surface area contributed by atoms with Crippen LogP contribution in [0.25, 0.3) is 0 Å². The van der Waals surface area contributed by atoms with E-state index in [1.165, 1.54) is 0 Å². The number of fused-ring (bicyclic) bond motifs is 1. The summed E-state index contributed by atoms with van der Waals surface area (Å²) >= 11 is 0. The number of hydrogen-bond acceptors (Lipinski definition) is 5. The standard InChI is InChI=1S/C12H10N2O3/c1-7-6-10(14-17-7)13-11-8-4-2-3-5-9(8)12(15)16-11/h2-6,11H,1H3,(H,13,14). The van der Waals surface area contributed by atoms with Gasteiger partial charge in [-0.3, -0.25) is 0 Å². The summed E-state index contributed by atoms with van der Waals surface area (Å²) in [4.78, 5) is 11.6. The van der Waals surface area contributed by atoms with Crippen molar-refractivity contribution >= 4 is 11.8 Å². The molecule has 5 heteroatoms. The zero-order chi connectivity index (χ0) is 11.8. The minimum absolute atomic E-state index is 0.321. The summed E-state index contributed by atoms with van der Waals surface area (Å²) in [7, 11) is 0. The maximum Gasteiger partial charge on any atom is 0.340 e. The van der Waals surface area contributed by atoms with Crippen molar-refractivity contribution in [1.29, 1.82) is 0 Å². The van der Waals surface area contributed by atoms with Gasteiger partial charge in [-0.15, -0.1) is 0 Å². The Morgan fingerprint density at radius 3 is 2.94 bits per heavy atom. The number of hydrogen-bond donors (Lipinski definition) is 1. The van der Waals surface area contributed by atoms with Crippen LogP contribution in [-0.4, -0.2) is 11.1 Å². The van der Waals surface area contributed by atoms with Crippen LogP contribution in [0.3, 0.4) is 0 Å². The van der Waals surface area contributed by atoms with Crippen molar-refractivity contribution in [1.82, 2.24) is 5.16 Å². The van der Waals surface area contributed by atoms with Crippen LogP contribution in [0.1, 0.15) is 27.9 Å². The molecule has 5 nitrogen and oxygen atoms in total. The number of aromatic nitrogens is 1. The average molecular weight is 230 g/mol. The van der Waals surface area contributed by atoms with Crippen LogP contribution >= 0.6 is 0 Å². The van der Waals surface area contributed by atoms with Crippen molar-refractivity contribution in [3.8, 4) is 0 Å². The summed E-state index contributed by atoms with van der Waals surface area (Å²) in [6.07, 6.45) is -0.497. The number of rotatable bonds is 2. The Hall–Kier alpha value is -2.30. The number of esters is 1. The lowest BCUT2D eigenvalue weighted by atomic mass is 10.1. The van der Waals surface area contributed by atoms with Crippen LogP contribution in [0.15, 0.2) is 34.9 Å². The highest BCUT2D eigenvalue weighted by atomic mass is 16.6. The van der Waals surface area contributed by atoms with Crippen LogP contribution in [0.4, 0.5) is 5.82 Å². The smallest absolute Gasteiger partial charge is 0.340 e. The van der Waals surface area contributed by atoms with Crippen molar-refractivity contribution in [2.24, 2.45) is 0 Å². The quantitative estimate of drug-likeness (QED) is 0.801. The lowest BCUT2D eigenvalue weighted by Crippen LogP contribution is -2.10. The van der Waals surface area contributed by atoms with Gasteiger partial charge in [0.05, 0.1) is 5.56 Å². The molecule has 1 unspecified atom stereocenters. The van der Waals surface area contributed by atoms with E-state index in [1.807, 2.05) is 18.2 Å². The van der Waals surface area contributed by atoms with Gasteiger partial charge in [0.15, 0.2) is 5.82 Å². The Labute approximate surface area is 97.4 Å². The van der Waals surface area contributed by atoms with Crippen molar-refractivity contribution in [3.63, 3.8) is 0 Å². The van der Waals surface area contributed by atoms with Crippen molar-refractivity contribution in [3.05, 3.63) is 47.2 Å². The van der Waals surface area contributed by atoms with E-state index in [2.05, 4.69) is 10.5 Å². The number of nitrogens with one attached hydrogen (secondary N) is 1. The fraction of sp³-hybridized carbons (Fsp3) is 0.167. The number of aryl methyl sites for hydroxylation is 1. The number of anilines is 1. The van der Waals surface area contributed by atoms with Crippen LogP contribution in [0.5, 0.6) is 0 Å². The van der Waals surface area contributed by atoms with Gasteiger partial charge < -0.3 is 14.6 Å². The largest absolute Gasteiger partial charge is 0.434 e. The molecule has 0 amide bonds. The third-order valence-electron chi connectivity index (χ3n) is 2.60. The van der Waals surface area contributed by atoms with Gasteiger partial charge in [0.25, 0.3) is 0 Å². The summed E-state index contributed by atoms with van der Waals surface area (Å²) in [6.45, 7) is 1.80. The normalized spacial score (nSPS) is 17.7. The average Bonchev–Trinajstić information content (AvgIpc) is 2.86. The van der Waals surface area contributed by atoms with Crippen molar-refractivity contribution < 1.29 is 14.1 Å². The molecule has 1 aromatic carbocycles. The van der Waals surface area contributed by atoms with Gasteiger partial charge in [-0.25, -0.2) is 4.79 Å². The second-order valence-corrected chi connectivity index (χ2v) is 3.84. The van der Waals surface area contributed by atoms with E-state index in [0.717, 1.165) is 5.56 Å². The van der Waals surface area contributed by atoms with E-state index >= 15 is 0 Å². The molecule has 17 heavy (non-hydrogen) atoms. The zero-order valence-corrected chi connectivity index (χ0v) is 9.14. The first-order valence-corrected chi connectivity index (χ1v) is 5.24. The van der Waals surface area contributed by atoms with Gasteiger partial charge in [0.1, 0.15) is 5.76 Å². The molecule has 2 aromatic rings. The van der Waals surface area contributed by atoms with Gasteiger partial charge >= 0.3 is 5.97 Å². The predicted molar refractivity (Wildman–Crippen MR) is 59.5 cm³/mol. The van der Waals surface area contributed by atoms with E-state index in [1.54, 1.807) is 19.1 Å². The molecular formula is C12H10N2O3. The number of benzene rings is 1. The molecule has 1 atom stereocenters. The first-order chi connectivity index (χ1) is 8.24. The third kappa shape index (κ3) is 1.65. The molecule has 1 aliphatic rings. The van der Waals surface area contributed by atoms with Crippen molar-refractivity contribution in [2.75, 3.05) is 5.32 Å². The molecule has 3 rings (SSSR count). The molecule has 1 N–H and O–H groups in total. The second kappa shape index (κ2) is 3.62. The van der Waals surface area contributed by atoms with Gasteiger partial charge in [0, 0.05) is 11.6 Å². The zero-order valence-electron chi connectivity index (χ0n) is 9.14. The van der Waals surface area contributed by atoms with Gasteiger partial charge in [0.2, 0.25) is 6.23 Å². The minimum atomic E-state index is -0.497. The summed E-state index contributed by atoms with van der Waals surface area (Å²) in [5.41, 5.74) is 1.41. The Morgan fingerprint density at radius 2 is 2.18 bits per heavy atom. The van der Waals surface area contributed by atoms with E-state index in [-0.39, 0.29) is 5.97 Å². The Kier molecular flexibility index (Phi) is 2.11. The van der Waals surface area contributed by atoms with E-state index in [9.17, 15) is 4.79 Å². The van der Waals surface area contributed by atoms with Crippen LogP contribution in [0, 0.1) is 6.92 Å². The number of ether oxygens (including phenoxy) is 1. The van der Waals surface area contributed by atoms with Crippen molar-refractivity contribution in [2.45, 2.75) is 13.2 Å². The summed E-state index contributed by atoms with van der Waals surface area (Å²) in [5.74, 6) is 0.931. The highest BCUT2D eigenvalue weighted by molar-refractivity contribution is 5.94. The maximum atomic E-state index is 11.6. The molecular weight excluding hydrogens is 220 g/mol. The fourth-order valence-electron chi connectivity index (χ4n) is 1.82. The maximum absolute atomic E-state index is 11.6. The van der Waals surface area contributed by atoms with E-state index in [0.29, 0.717) is 17.1 Å². The van der Waals surface area contributed by atoms with E-state index in [4.69, 9.17) is 9.26 Å². The summed E-state index contributed by atoms with van der Waals surface area (Å²) in [5, 5.41) is 6.80. The molecule has 86 valence electrons. The lowest BCUT2D eigenvalue weighted by molar-refractivity contribution is 0.0436. The van der Waals surface area contributed by atoms with Crippen LogP contribution in [-0.2, 0) is 4.74 Å². The topological polar surface area (TPSA) is 64.4 Å². The summed E-state index contributed by atoms with van der Waals surface area (Å²) < 4.78 is 10.1. The first kappa shape index (κ1) is 9.89. The molecule has 0 aliphatic carbocycles. The van der Waals surface area contributed by atoms with E-state index < -0.39 is 6.23 Å². The monoisotopic (exact) mass is 230 g/mol. The molecule has 0 spiro atoms. The molecule has 0 fully saturated rings. The predicted octanol–water partition coefficient (Wildman–Crippen LogP) is 2.26.